The van der Waals surface area contributed by atoms with E-state index in [1.165, 1.54) is 32.6 Å². The van der Waals surface area contributed by atoms with Gasteiger partial charge in [-0.3, -0.25) is 0 Å². The van der Waals surface area contributed by atoms with Crippen LogP contribution in [0.15, 0.2) is 0 Å². The van der Waals surface area contributed by atoms with Gasteiger partial charge in [0, 0.05) is 25.7 Å². The maximum absolute atomic E-state index is 5.71. The third-order valence-electron chi connectivity index (χ3n) is 3.46. The van der Waals surface area contributed by atoms with Crippen molar-refractivity contribution in [3.63, 3.8) is 0 Å². The SMILES string of the molecule is CCCN1CC(CCN)N(C)CC(C)(C)C1. The number of hydrogen-bond donors (Lipinski definition) is 1. The second-order valence-electron chi connectivity index (χ2n) is 6.05. The van der Waals surface area contributed by atoms with Crippen LogP contribution in [-0.4, -0.2) is 55.6 Å². The second-order valence-corrected chi connectivity index (χ2v) is 6.05. The summed E-state index contributed by atoms with van der Waals surface area (Å²) in [6, 6.07) is 0.637. The number of nitrogens with zero attached hydrogens (tertiary/aromatic N) is 2. The van der Waals surface area contributed by atoms with Crippen LogP contribution in [0.1, 0.15) is 33.6 Å². The molecule has 0 saturated carbocycles. The van der Waals surface area contributed by atoms with E-state index in [4.69, 9.17) is 5.73 Å². The fourth-order valence-electron chi connectivity index (χ4n) is 2.95. The van der Waals surface area contributed by atoms with Gasteiger partial charge in [0.25, 0.3) is 0 Å². The van der Waals surface area contributed by atoms with Crippen molar-refractivity contribution in [2.75, 3.05) is 39.8 Å². The molecule has 1 fully saturated rings. The summed E-state index contributed by atoms with van der Waals surface area (Å²) in [4.78, 5) is 5.12. The van der Waals surface area contributed by atoms with Crippen molar-refractivity contribution in [2.45, 2.75) is 39.7 Å². The Kier molecular flexibility index (Phi) is 5.22. The van der Waals surface area contributed by atoms with E-state index in [-0.39, 0.29) is 0 Å². The first-order valence-electron chi connectivity index (χ1n) is 6.61. The van der Waals surface area contributed by atoms with Gasteiger partial charge in [0.2, 0.25) is 0 Å². The minimum atomic E-state index is 0.396. The number of likely N-dealkylation sites (N-methyl/N-ethyl adjacent to an activating group) is 1. The van der Waals surface area contributed by atoms with Gasteiger partial charge in [-0.25, -0.2) is 0 Å². The minimum Gasteiger partial charge on any atom is -0.330 e. The highest BCUT2D eigenvalue weighted by Crippen LogP contribution is 2.24. The fraction of sp³-hybridized carbons (Fsp3) is 1.00. The van der Waals surface area contributed by atoms with Crippen molar-refractivity contribution in [3.05, 3.63) is 0 Å². The lowest BCUT2D eigenvalue weighted by Gasteiger charge is -2.30. The predicted octanol–water partition coefficient (Wildman–Crippen LogP) is 1.39. The molecule has 1 saturated heterocycles. The second kappa shape index (κ2) is 5.99. The highest BCUT2D eigenvalue weighted by molar-refractivity contribution is 4.86. The Labute approximate surface area is 101 Å². The third kappa shape index (κ3) is 4.04. The Balaban J connectivity index is 2.68. The molecule has 3 heteroatoms. The van der Waals surface area contributed by atoms with Crippen molar-refractivity contribution in [2.24, 2.45) is 11.1 Å². The standard InChI is InChI=1S/C13H29N3/c1-5-8-16-9-12(6-7-14)15(4)10-13(2,3)11-16/h12H,5-11,14H2,1-4H3. The highest BCUT2D eigenvalue weighted by Gasteiger charge is 2.31. The van der Waals surface area contributed by atoms with Gasteiger partial charge in [0.15, 0.2) is 0 Å². The van der Waals surface area contributed by atoms with Crippen LogP contribution in [0.2, 0.25) is 0 Å². The van der Waals surface area contributed by atoms with Crippen molar-refractivity contribution >= 4 is 0 Å². The van der Waals surface area contributed by atoms with E-state index in [1.54, 1.807) is 0 Å². The van der Waals surface area contributed by atoms with Crippen LogP contribution in [0.5, 0.6) is 0 Å². The van der Waals surface area contributed by atoms with Crippen LogP contribution < -0.4 is 5.73 Å². The molecule has 3 nitrogen and oxygen atoms in total. The maximum atomic E-state index is 5.71. The number of rotatable bonds is 4. The molecule has 1 aliphatic rings. The van der Waals surface area contributed by atoms with Gasteiger partial charge in [-0.1, -0.05) is 20.8 Å². The lowest BCUT2D eigenvalue weighted by atomic mass is 9.92. The third-order valence-corrected chi connectivity index (χ3v) is 3.46. The van der Waals surface area contributed by atoms with E-state index in [1.807, 2.05) is 0 Å². The molecule has 0 aromatic heterocycles. The monoisotopic (exact) mass is 227 g/mol. The molecule has 16 heavy (non-hydrogen) atoms. The van der Waals surface area contributed by atoms with E-state index in [0.717, 1.165) is 13.0 Å². The smallest absolute Gasteiger partial charge is 0.0232 e. The molecule has 1 rings (SSSR count). The van der Waals surface area contributed by atoms with Gasteiger partial charge in [-0.15, -0.1) is 0 Å². The van der Waals surface area contributed by atoms with E-state index in [9.17, 15) is 0 Å². The summed E-state index contributed by atoms with van der Waals surface area (Å²) in [5.74, 6) is 0. The van der Waals surface area contributed by atoms with Gasteiger partial charge in [-0.2, -0.15) is 0 Å². The topological polar surface area (TPSA) is 32.5 Å². The molecule has 96 valence electrons. The van der Waals surface area contributed by atoms with Gasteiger partial charge < -0.3 is 15.5 Å². The van der Waals surface area contributed by atoms with Gasteiger partial charge in [0.1, 0.15) is 0 Å². The Hall–Kier alpha value is -0.120. The Bertz CT molecular complexity index is 203. The zero-order valence-electron chi connectivity index (χ0n) is 11.5. The summed E-state index contributed by atoms with van der Waals surface area (Å²) in [6.45, 7) is 12.6. The molecule has 0 spiro atoms. The Morgan fingerprint density at radius 1 is 1.31 bits per heavy atom. The van der Waals surface area contributed by atoms with Gasteiger partial charge >= 0.3 is 0 Å². The van der Waals surface area contributed by atoms with Crippen molar-refractivity contribution in [3.8, 4) is 0 Å². The average molecular weight is 227 g/mol. The van der Waals surface area contributed by atoms with E-state index in [2.05, 4.69) is 37.6 Å². The quantitative estimate of drug-likeness (QED) is 0.788. The minimum absolute atomic E-state index is 0.396. The van der Waals surface area contributed by atoms with Gasteiger partial charge in [-0.05, 0) is 38.4 Å². The molecule has 0 bridgehead atoms. The van der Waals surface area contributed by atoms with Crippen LogP contribution in [0.25, 0.3) is 0 Å². The van der Waals surface area contributed by atoms with E-state index < -0.39 is 0 Å². The number of nitrogens with two attached hydrogens (primary N) is 1. The average Bonchev–Trinajstić information content (AvgIpc) is 2.24. The van der Waals surface area contributed by atoms with Crippen LogP contribution in [0.4, 0.5) is 0 Å². The van der Waals surface area contributed by atoms with Crippen molar-refractivity contribution in [1.82, 2.24) is 9.80 Å². The molecule has 0 amide bonds. The maximum Gasteiger partial charge on any atom is 0.0232 e. The van der Waals surface area contributed by atoms with E-state index >= 15 is 0 Å². The normalized spacial score (nSPS) is 27.9. The summed E-state index contributed by atoms with van der Waals surface area (Å²) in [5, 5.41) is 0. The van der Waals surface area contributed by atoms with Crippen LogP contribution in [0, 0.1) is 5.41 Å². The summed E-state index contributed by atoms with van der Waals surface area (Å²) in [6.07, 6.45) is 2.36. The lowest BCUT2D eigenvalue weighted by Crippen LogP contribution is -2.40. The molecular weight excluding hydrogens is 198 g/mol. The van der Waals surface area contributed by atoms with Crippen LogP contribution in [-0.2, 0) is 0 Å². The first kappa shape index (κ1) is 13.9. The predicted molar refractivity (Wildman–Crippen MR) is 70.6 cm³/mol. The first-order chi connectivity index (χ1) is 7.48. The Morgan fingerprint density at radius 3 is 2.56 bits per heavy atom. The molecule has 1 unspecified atom stereocenters. The summed E-state index contributed by atoms with van der Waals surface area (Å²) in [5.41, 5.74) is 6.11. The van der Waals surface area contributed by atoms with Crippen LogP contribution in [0.3, 0.4) is 0 Å². The molecular formula is C13H29N3. The molecule has 0 aliphatic carbocycles. The molecule has 0 aromatic rings. The van der Waals surface area contributed by atoms with Gasteiger partial charge in [0.05, 0.1) is 0 Å². The molecule has 0 aromatic carbocycles. The fourth-order valence-corrected chi connectivity index (χ4v) is 2.95. The molecule has 1 aliphatic heterocycles. The van der Waals surface area contributed by atoms with Crippen molar-refractivity contribution < 1.29 is 0 Å². The zero-order valence-corrected chi connectivity index (χ0v) is 11.5. The first-order valence-corrected chi connectivity index (χ1v) is 6.61. The van der Waals surface area contributed by atoms with Crippen molar-refractivity contribution in [1.29, 1.82) is 0 Å². The molecule has 1 atom stereocenters. The van der Waals surface area contributed by atoms with Crippen LogP contribution >= 0.6 is 0 Å². The lowest BCUT2D eigenvalue weighted by molar-refractivity contribution is 0.187. The zero-order chi connectivity index (χ0) is 12.2. The number of hydrogen-bond acceptors (Lipinski definition) is 3. The molecule has 0 radical (unpaired) electrons. The molecule has 2 N–H and O–H groups in total. The summed E-state index contributed by atoms with van der Waals surface area (Å²) in [7, 11) is 2.25. The highest BCUT2D eigenvalue weighted by atomic mass is 15.2. The Morgan fingerprint density at radius 2 is 2.00 bits per heavy atom. The summed E-state index contributed by atoms with van der Waals surface area (Å²) >= 11 is 0. The summed E-state index contributed by atoms with van der Waals surface area (Å²) < 4.78 is 0. The van der Waals surface area contributed by atoms with E-state index in [0.29, 0.717) is 11.5 Å². The largest absolute Gasteiger partial charge is 0.330 e. The molecule has 1 heterocycles.